The minimum Gasteiger partial charge on any atom is -0.338 e. The fourth-order valence-corrected chi connectivity index (χ4v) is 3.17. The first-order valence-electron chi connectivity index (χ1n) is 7.10. The van der Waals surface area contributed by atoms with E-state index in [-0.39, 0.29) is 17.5 Å². The lowest BCUT2D eigenvalue weighted by atomic mass is 10.1. The normalized spacial score (nSPS) is 12.3. The van der Waals surface area contributed by atoms with Gasteiger partial charge in [0, 0.05) is 22.1 Å². The lowest BCUT2D eigenvalue weighted by Gasteiger charge is -1.99. The Morgan fingerprint density at radius 3 is 2.65 bits per heavy atom. The van der Waals surface area contributed by atoms with E-state index < -0.39 is 10.8 Å². The molecule has 0 radical (unpaired) electrons. The smallest absolute Gasteiger partial charge is 0.239 e. The van der Waals surface area contributed by atoms with Gasteiger partial charge in [0.25, 0.3) is 0 Å². The Morgan fingerprint density at radius 2 is 1.91 bits per heavy atom. The molecule has 0 amide bonds. The first-order valence-corrected chi connectivity index (χ1v) is 8.58. The van der Waals surface area contributed by atoms with E-state index in [0.29, 0.717) is 22.7 Å². The Balaban J connectivity index is 1.69. The van der Waals surface area contributed by atoms with Crippen molar-refractivity contribution >= 4 is 10.8 Å². The van der Waals surface area contributed by atoms with Crippen molar-refractivity contribution in [1.29, 1.82) is 0 Å². The van der Waals surface area contributed by atoms with Crippen LogP contribution in [0.2, 0.25) is 0 Å². The van der Waals surface area contributed by atoms with Crippen LogP contribution in [0, 0.1) is 12.7 Å². The van der Waals surface area contributed by atoms with Gasteiger partial charge >= 0.3 is 0 Å². The van der Waals surface area contributed by atoms with Crippen LogP contribution in [0.4, 0.5) is 4.39 Å². The highest BCUT2D eigenvalue weighted by molar-refractivity contribution is 7.83. The van der Waals surface area contributed by atoms with Crippen LogP contribution < -0.4 is 0 Å². The van der Waals surface area contributed by atoms with Crippen molar-refractivity contribution in [2.45, 2.75) is 18.4 Å². The van der Waals surface area contributed by atoms with E-state index in [4.69, 9.17) is 4.52 Å². The van der Waals surface area contributed by atoms with Crippen LogP contribution in [-0.2, 0) is 22.3 Å². The molecule has 4 nitrogen and oxygen atoms in total. The molecule has 23 heavy (non-hydrogen) atoms. The van der Waals surface area contributed by atoms with Gasteiger partial charge in [-0.3, -0.25) is 4.21 Å². The summed E-state index contributed by atoms with van der Waals surface area (Å²) in [5, 5.41) is 3.83. The van der Waals surface area contributed by atoms with Gasteiger partial charge in [-0.05, 0) is 24.1 Å². The summed E-state index contributed by atoms with van der Waals surface area (Å²) < 4.78 is 30.9. The topological polar surface area (TPSA) is 56.0 Å². The van der Waals surface area contributed by atoms with Crippen LogP contribution >= 0.6 is 0 Å². The molecule has 0 bridgehead atoms. The van der Waals surface area contributed by atoms with Gasteiger partial charge in [0.15, 0.2) is 0 Å². The number of aromatic nitrogens is 2. The van der Waals surface area contributed by atoms with E-state index in [1.165, 1.54) is 6.07 Å². The van der Waals surface area contributed by atoms with Crippen molar-refractivity contribution in [3.05, 3.63) is 71.4 Å². The number of rotatable bonds is 5. The first-order chi connectivity index (χ1) is 11.1. The Hall–Kier alpha value is -2.34. The molecule has 0 fully saturated rings. The van der Waals surface area contributed by atoms with E-state index >= 15 is 0 Å². The monoisotopic (exact) mass is 330 g/mol. The predicted molar refractivity (Wildman–Crippen MR) is 86.4 cm³/mol. The minimum atomic E-state index is -1.14. The van der Waals surface area contributed by atoms with Gasteiger partial charge < -0.3 is 4.52 Å². The highest BCUT2D eigenvalue weighted by Gasteiger charge is 2.13. The van der Waals surface area contributed by atoms with Crippen LogP contribution in [0.25, 0.3) is 11.4 Å². The maximum atomic E-state index is 13.6. The summed E-state index contributed by atoms with van der Waals surface area (Å²) >= 11 is 0. The molecule has 0 spiro atoms. The SMILES string of the molecule is Cc1ccc(-c2noc(C[S@](=O)Cc3ccccc3)n2)cc1F. The molecular formula is C17H15FN2O2S. The van der Waals surface area contributed by atoms with Gasteiger partial charge in [-0.15, -0.1) is 0 Å². The molecule has 0 aliphatic carbocycles. The van der Waals surface area contributed by atoms with Crippen LogP contribution in [0.3, 0.4) is 0 Å². The molecule has 0 unspecified atom stereocenters. The summed E-state index contributed by atoms with van der Waals surface area (Å²) in [7, 11) is -1.14. The Kier molecular flexibility index (Phi) is 4.62. The van der Waals surface area contributed by atoms with Crippen molar-refractivity contribution in [2.75, 3.05) is 0 Å². The van der Waals surface area contributed by atoms with E-state index in [9.17, 15) is 8.60 Å². The van der Waals surface area contributed by atoms with Gasteiger partial charge in [-0.2, -0.15) is 4.98 Å². The standard InChI is InChI=1S/C17H15FN2O2S/c1-12-7-8-14(9-15(12)18)17-19-16(22-20-17)11-23(21)10-13-5-3-2-4-6-13/h2-9H,10-11H2,1H3/t23-/m1/s1. The van der Waals surface area contributed by atoms with Gasteiger partial charge in [-0.25, -0.2) is 4.39 Å². The Morgan fingerprint density at radius 1 is 1.13 bits per heavy atom. The third kappa shape index (κ3) is 3.90. The second kappa shape index (κ2) is 6.83. The number of hydrogen-bond acceptors (Lipinski definition) is 4. The quantitative estimate of drug-likeness (QED) is 0.717. The number of nitrogens with zero attached hydrogens (tertiary/aromatic N) is 2. The van der Waals surface area contributed by atoms with Gasteiger partial charge in [0.2, 0.25) is 11.7 Å². The van der Waals surface area contributed by atoms with Crippen molar-refractivity contribution in [2.24, 2.45) is 0 Å². The molecule has 1 atom stereocenters. The van der Waals surface area contributed by atoms with E-state index in [1.54, 1.807) is 19.1 Å². The van der Waals surface area contributed by atoms with Crippen LogP contribution in [0.1, 0.15) is 17.0 Å². The molecule has 0 saturated heterocycles. The molecule has 0 aliphatic heterocycles. The fourth-order valence-electron chi connectivity index (χ4n) is 2.11. The molecule has 118 valence electrons. The lowest BCUT2D eigenvalue weighted by molar-refractivity contribution is 0.390. The second-order valence-corrected chi connectivity index (χ2v) is 6.65. The Labute approximate surface area is 135 Å². The predicted octanol–water partition coefficient (Wildman–Crippen LogP) is 3.63. The van der Waals surface area contributed by atoms with Crippen LogP contribution in [0.5, 0.6) is 0 Å². The molecule has 6 heteroatoms. The van der Waals surface area contributed by atoms with Crippen molar-refractivity contribution in [1.82, 2.24) is 10.1 Å². The van der Waals surface area contributed by atoms with Crippen molar-refractivity contribution < 1.29 is 13.1 Å². The molecule has 0 N–H and O–H groups in total. The molecule has 3 aromatic rings. The maximum Gasteiger partial charge on any atom is 0.239 e. The number of benzene rings is 2. The number of hydrogen-bond donors (Lipinski definition) is 0. The summed E-state index contributed by atoms with van der Waals surface area (Å²) in [5.74, 6) is 0.876. The molecule has 3 rings (SSSR count). The molecule has 1 heterocycles. The second-order valence-electron chi connectivity index (χ2n) is 5.19. The summed E-state index contributed by atoms with van der Waals surface area (Å²) in [6, 6.07) is 14.3. The average Bonchev–Trinajstić information content (AvgIpc) is 2.99. The third-order valence-electron chi connectivity index (χ3n) is 3.35. The van der Waals surface area contributed by atoms with Crippen LogP contribution in [0.15, 0.2) is 53.1 Å². The third-order valence-corrected chi connectivity index (χ3v) is 4.58. The molecular weight excluding hydrogens is 315 g/mol. The molecule has 1 aromatic heterocycles. The summed E-state index contributed by atoms with van der Waals surface area (Å²) in [4.78, 5) is 4.20. The summed E-state index contributed by atoms with van der Waals surface area (Å²) in [6.45, 7) is 1.69. The lowest BCUT2D eigenvalue weighted by Crippen LogP contribution is -1.99. The molecule has 0 saturated carbocycles. The van der Waals surface area contributed by atoms with Gasteiger partial charge in [0.1, 0.15) is 11.6 Å². The first kappa shape index (κ1) is 15.6. The van der Waals surface area contributed by atoms with Crippen LogP contribution in [-0.4, -0.2) is 14.3 Å². The summed E-state index contributed by atoms with van der Waals surface area (Å²) in [6.07, 6.45) is 0. The van der Waals surface area contributed by atoms with E-state index in [0.717, 1.165) is 5.56 Å². The summed E-state index contributed by atoms with van der Waals surface area (Å²) in [5.41, 5.74) is 2.09. The van der Waals surface area contributed by atoms with Crippen molar-refractivity contribution in [3.8, 4) is 11.4 Å². The highest BCUT2D eigenvalue weighted by Crippen LogP contribution is 2.19. The number of aryl methyl sites for hydroxylation is 1. The zero-order valence-electron chi connectivity index (χ0n) is 12.5. The van der Waals surface area contributed by atoms with Gasteiger partial charge in [-0.1, -0.05) is 47.6 Å². The van der Waals surface area contributed by atoms with E-state index in [1.807, 2.05) is 30.3 Å². The minimum absolute atomic E-state index is 0.177. The highest BCUT2D eigenvalue weighted by atomic mass is 32.2. The van der Waals surface area contributed by atoms with Crippen molar-refractivity contribution in [3.63, 3.8) is 0 Å². The fraction of sp³-hybridized carbons (Fsp3) is 0.176. The van der Waals surface area contributed by atoms with Gasteiger partial charge in [0.05, 0.1) is 0 Å². The maximum absolute atomic E-state index is 13.6. The zero-order chi connectivity index (χ0) is 16.2. The zero-order valence-corrected chi connectivity index (χ0v) is 13.3. The molecule has 0 aliphatic rings. The Bertz CT molecular complexity index is 834. The van der Waals surface area contributed by atoms with E-state index in [2.05, 4.69) is 10.1 Å². The average molecular weight is 330 g/mol. The molecule has 2 aromatic carbocycles. The largest absolute Gasteiger partial charge is 0.338 e. The number of halogens is 1.